The number of aryl methyl sites for hydroxylation is 2. The Morgan fingerprint density at radius 2 is 1.39 bits per heavy atom. The van der Waals surface area contributed by atoms with E-state index in [1.54, 1.807) is 12.1 Å². The maximum Gasteiger partial charge on any atom is 0.115 e. The molecular weight excluding hydrogens is 282 g/mol. The average Bonchev–Trinajstić information content (AvgIpc) is 2.49. The van der Waals surface area contributed by atoms with Crippen LogP contribution in [0.1, 0.15) is 43.4 Å². The molecule has 0 unspecified atom stereocenters. The molecule has 0 saturated carbocycles. The van der Waals surface area contributed by atoms with Crippen molar-refractivity contribution in [3.63, 3.8) is 0 Å². The zero-order valence-corrected chi connectivity index (χ0v) is 14.9. The topological polar surface area (TPSA) is 23.5 Å². The zero-order chi connectivity index (χ0) is 16.8. The summed E-state index contributed by atoms with van der Waals surface area (Å²) in [6, 6.07) is 12.4. The van der Waals surface area contributed by atoms with Crippen LogP contribution in [0.3, 0.4) is 0 Å². The van der Waals surface area contributed by atoms with Crippen molar-refractivity contribution in [2.75, 3.05) is 14.1 Å². The van der Waals surface area contributed by atoms with E-state index in [-0.39, 0.29) is 0 Å². The van der Waals surface area contributed by atoms with Crippen molar-refractivity contribution < 1.29 is 5.11 Å². The normalized spacial score (nSPS) is 11.2. The molecule has 0 bridgehead atoms. The van der Waals surface area contributed by atoms with Crippen molar-refractivity contribution in [2.45, 2.75) is 46.1 Å². The molecule has 0 aliphatic rings. The van der Waals surface area contributed by atoms with E-state index in [0.717, 1.165) is 32.2 Å². The lowest BCUT2D eigenvalue weighted by atomic mass is 9.88. The van der Waals surface area contributed by atoms with Gasteiger partial charge in [0, 0.05) is 6.54 Å². The van der Waals surface area contributed by atoms with Gasteiger partial charge in [0.2, 0.25) is 0 Å². The molecule has 124 valence electrons. The Labute approximate surface area is 140 Å². The Morgan fingerprint density at radius 1 is 0.870 bits per heavy atom. The predicted molar refractivity (Wildman–Crippen MR) is 98.9 cm³/mol. The molecule has 2 rings (SSSR count). The molecule has 0 aliphatic heterocycles. The van der Waals surface area contributed by atoms with Gasteiger partial charge in [-0.15, -0.1) is 0 Å². The summed E-state index contributed by atoms with van der Waals surface area (Å²) in [6.45, 7) is 5.45. The van der Waals surface area contributed by atoms with E-state index >= 15 is 0 Å². The van der Waals surface area contributed by atoms with E-state index in [0.29, 0.717) is 5.75 Å². The molecule has 2 nitrogen and oxygen atoms in total. The van der Waals surface area contributed by atoms with E-state index in [1.165, 1.54) is 27.8 Å². The third-order valence-electron chi connectivity index (χ3n) is 4.05. The molecule has 0 atom stereocenters. The largest absolute Gasteiger partial charge is 0.508 e. The molecule has 0 spiro atoms. The summed E-state index contributed by atoms with van der Waals surface area (Å²) in [5.74, 6) is 0.326. The fraction of sp³-hybridized carbons (Fsp3) is 0.429. The van der Waals surface area contributed by atoms with Gasteiger partial charge in [-0.2, -0.15) is 0 Å². The Morgan fingerprint density at radius 3 is 1.83 bits per heavy atom. The van der Waals surface area contributed by atoms with Gasteiger partial charge in [0.05, 0.1) is 0 Å². The first kappa shape index (κ1) is 17.6. The molecule has 0 saturated heterocycles. The lowest BCUT2D eigenvalue weighted by Gasteiger charge is -2.19. The highest BCUT2D eigenvalue weighted by Crippen LogP contribution is 2.32. The summed E-state index contributed by atoms with van der Waals surface area (Å²) in [5, 5.41) is 9.59. The van der Waals surface area contributed by atoms with Gasteiger partial charge in [0.15, 0.2) is 0 Å². The summed E-state index contributed by atoms with van der Waals surface area (Å²) in [4.78, 5) is 2.22. The van der Waals surface area contributed by atoms with Gasteiger partial charge in [0.1, 0.15) is 5.75 Å². The summed E-state index contributed by atoms with van der Waals surface area (Å²) >= 11 is 0. The number of nitrogens with zero attached hydrogens (tertiary/aromatic N) is 1. The lowest BCUT2D eigenvalue weighted by Crippen LogP contribution is -2.12. The third kappa shape index (κ3) is 4.59. The van der Waals surface area contributed by atoms with Crippen LogP contribution in [0.25, 0.3) is 11.1 Å². The number of benzene rings is 2. The monoisotopic (exact) mass is 311 g/mol. The molecule has 0 radical (unpaired) electrons. The van der Waals surface area contributed by atoms with E-state index in [1.807, 2.05) is 12.1 Å². The molecule has 23 heavy (non-hydrogen) atoms. The van der Waals surface area contributed by atoms with Crippen LogP contribution in [-0.4, -0.2) is 24.1 Å². The minimum atomic E-state index is 0.326. The fourth-order valence-electron chi connectivity index (χ4n) is 3.23. The van der Waals surface area contributed by atoms with Crippen LogP contribution in [-0.2, 0) is 19.4 Å². The Kier molecular flexibility index (Phi) is 6.23. The molecule has 0 amide bonds. The number of aromatic hydroxyl groups is 1. The van der Waals surface area contributed by atoms with E-state index in [4.69, 9.17) is 0 Å². The van der Waals surface area contributed by atoms with Crippen molar-refractivity contribution in [2.24, 2.45) is 0 Å². The van der Waals surface area contributed by atoms with Gasteiger partial charge in [-0.05, 0) is 66.9 Å². The molecule has 0 aliphatic carbocycles. The highest BCUT2D eigenvalue weighted by molar-refractivity contribution is 5.72. The summed E-state index contributed by atoms with van der Waals surface area (Å²) in [5.41, 5.74) is 6.84. The van der Waals surface area contributed by atoms with Crippen molar-refractivity contribution in [1.29, 1.82) is 0 Å². The molecule has 2 aromatic carbocycles. The minimum absolute atomic E-state index is 0.326. The third-order valence-corrected chi connectivity index (χ3v) is 4.05. The van der Waals surface area contributed by atoms with Gasteiger partial charge in [-0.1, -0.05) is 51.0 Å². The average molecular weight is 311 g/mol. The van der Waals surface area contributed by atoms with Crippen molar-refractivity contribution >= 4 is 0 Å². The maximum absolute atomic E-state index is 9.59. The van der Waals surface area contributed by atoms with Crippen molar-refractivity contribution in [3.05, 3.63) is 53.1 Å². The van der Waals surface area contributed by atoms with Gasteiger partial charge in [-0.3, -0.25) is 0 Å². The predicted octanol–water partition coefficient (Wildman–Crippen LogP) is 5.03. The number of phenolic OH excluding ortho intramolecular Hbond substituents is 1. The molecule has 1 N–H and O–H groups in total. The second-order valence-corrected chi connectivity index (χ2v) is 6.57. The van der Waals surface area contributed by atoms with Crippen LogP contribution in [0, 0.1) is 0 Å². The summed E-state index contributed by atoms with van der Waals surface area (Å²) < 4.78 is 0. The highest BCUT2D eigenvalue weighted by Gasteiger charge is 2.13. The van der Waals surface area contributed by atoms with E-state index in [9.17, 15) is 5.11 Å². The zero-order valence-electron chi connectivity index (χ0n) is 14.9. The molecule has 0 heterocycles. The molecule has 2 aromatic rings. The van der Waals surface area contributed by atoms with Crippen molar-refractivity contribution in [1.82, 2.24) is 4.90 Å². The van der Waals surface area contributed by atoms with Gasteiger partial charge >= 0.3 is 0 Å². The summed E-state index contributed by atoms with van der Waals surface area (Å²) in [6.07, 6.45) is 4.46. The number of hydrogen-bond donors (Lipinski definition) is 1. The van der Waals surface area contributed by atoms with Crippen LogP contribution < -0.4 is 0 Å². The van der Waals surface area contributed by atoms with Gasteiger partial charge < -0.3 is 10.0 Å². The van der Waals surface area contributed by atoms with Crippen LogP contribution >= 0.6 is 0 Å². The van der Waals surface area contributed by atoms with Crippen LogP contribution in [0.4, 0.5) is 0 Å². The Hall–Kier alpha value is -1.80. The standard InChI is InChI=1S/C21H29NO/c1-5-7-18-13-16(15-22(3)4)14-19(8-6-2)21(18)17-9-11-20(23)12-10-17/h9-14,23H,5-8,15H2,1-4H3. The smallest absolute Gasteiger partial charge is 0.115 e. The minimum Gasteiger partial charge on any atom is -0.508 e. The Bertz CT molecular complexity index is 602. The number of rotatable bonds is 7. The first-order chi connectivity index (χ1) is 11.0. The van der Waals surface area contributed by atoms with Gasteiger partial charge in [0.25, 0.3) is 0 Å². The van der Waals surface area contributed by atoms with Gasteiger partial charge in [-0.25, -0.2) is 0 Å². The van der Waals surface area contributed by atoms with Crippen LogP contribution in [0.2, 0.25) is 0 Å². The first-order valence-electron chi connectivity index (χ1n) is 8.64. The Balaban J connectivity index is 2.58. The molecular formula is C21H29NO. The lowest BCUT2D eigenvalue weighted by molar-refractivity contribution is 0.402. The SMILES string of the molecule is CCCc1cc(CN(C)C)cc(CCC)c1-c1ccc(O)cc1. The molecule has 0 fully saturated rings. The molecule has 2 heteroatoms. The van der Waals surface area contributed by atoms with Crippen LogP contribution in [0.15, 0.2) is 36.4 Å². The van der Waals surface area contributed by atoms with E-state index < -0.39 is 0 Å². The first-order valence-corrected chi connectivity index (χ1v) is 8.64. The van der Waals surface area contributed by atoms with Crippen LogP contribution in [0.5, 0.6) is 5.75 Å². The highest BCUT2D eigenvalue weighted by atomic mass is 16.3. The second-order valence-electron chi connectivity index (χ2n) is 6.57. The number of hydrogen-bond acceptors (Lipinski definition) is 2. The quantitative estimate of drug-likeness (QED) is 0.775. The fourth-order valence-corrected chi connectivity index (χ4v) is 3.23. The maximum atomic E-state index is 9.59. The summed E-state index contributed by atoms with van der Waals surface area (Å²) in [7, 11) is 4.24. The second kappa shape index (κ2) is 8.16. The number of phenols is 1. The van der Waals surface area contributed by atoms with E-state index in [2.05, 4.69) is 45.0 Å². The van der Waals surface area contributed by atoms with Crippen molar-refractivity contribution in [3.8, 4) is 16.9 Å². The molecule has 0 aromatic heterocycles.